The monoisotopic (exact) mass is 266 g/mol. The summed E-state index contributed by atoms with van der Waals surface area (Å²) in [6, 6.07) is 5.18. The average molecular weight is 266 g/mol. The number of nitrogens with one attached hydrogen (secondary N) is 1. The minimum Gasteiger partial charge on any atom is -0.455 e. The number of hydrogen-bond donors (Lipinski definition) is 1. The minimum absolute atomic E-state index is 0.176. The summed E-state index contributed by atoms with van der Waals surface area (Å²) >= 11 is 1.47. The Kier molecular flexibility index (Phi) is 4.08. The van der Waals surface area contributed by atoms with Crippen LogP contribution in [-0.4, -0.2) is 23.6 Å². The number of hydrogen-bond acceptors (Lipinski definition) is 6. The van der Waals surface area contributed by atoms with Gasteiger partial charge in [0.15, 0.2) is 12.4 Å². The molecule has 0 aromatic carbocycles. The van der Waals surface area contributed by atoms with Gasteiger partial charge in [-0.2, -0.15) is 0 Å². The molecule has 0 aliphatic rings. The van der Waals surface area contributed by atoms with E-state index in [0.29, 0.717) is 0 Å². The number of amides is 1. The number of aromatic nitrogens is 1. The molecule has 18 heavy (non-hydrogen) atoms. The molecular weight excluding hydrogens is 256 g/mol. The number of anilines is 1. The van der Waals surface area contributed by atoms with E-state index in [-0.39, 0.29) is 18.8 Å². The predicted octanol–water partition coefficient (Wildman–Crippen LogP) is 1.46. The average Bonchev–Trinajstić information content (AvgIpc) is 2.99. The lowest BCUT2D eigenvalue weighted by molar-refractivity contribution is -0.146. The van der Waals surface area contributed by atoms with Crippen molar-refractivity contribution < 1.29 is 18.8 Å². The number of carbonyl (C=O) groups is 2. The molecule has 1 amide bonds. The molecule has 0 atom stereocenters. The van der Waals surface area contributed by atoms with Crippen molar-refractivity contribution in [3.8, 4) is 0 Å². The zero-order chi connectivity index (χ0) is 12.8. The van der Waals surface area contributed by atoms with Crippen molar-refractivity contribution in [1.29, 1.82) is 0 Å². The number of carbonyl (C=O) groups excluding carboxylic acids is 2. The van der Waals surface area contributed by atoms with Gasteiger partial charge in [-0.3, -0.25) is 9.59 Å². The van der Waals surface area contributed by atoms with Gasteiger partial charge in [-0.15, -0.1) is 11.3 Å². The van der Waals surface area contributed by atoms with Crippen molar-refractivity contribution in [1.82, 2.24) is 5.16 Å². The van der Waals surface area contributed by atoms with E-state index >= 15 is 0 Å². The van der Waals surface area contributed by atoms with Gasteiger partial charge in [-0.05, 0) is 11.4 Å². The standard InChI is InChI=1S/C11H10N2O4S/c14-10(12-9-3-4-17-13-9)7-16-11(15)6-8-2-1-5-18-8/h1-5H,6-7H2,(H,12,13,14). The van der Waals surface area contributed by atoms with E-state index < -0.39 is 11.9 Å². The highest BCUT2D eigenvalue weighted by Crippen LogP contribution is 2.09. The first-order valence-electron chi connectivity index (χ1n) is 5.12. The van der Waals surface area contributed by atoms with Gasteiger partial charge in [-0.25, -0.2) is 0 Å². The van der Waals surface area contributed by atoms with Gasteiger partial charge < -0.3 is 14.6 Å². The van der Waals surface area contributed by atoms with Crippen LogP contribution in [0.5, 0.6) is 0 Å². The van der Waals surface area contributed by atoms with Gasteiger partial charge >= 0.3 is 5.97 Å². The molecule has 2 aromatic rings. The van der Waals surface area contributed by atoms with Crippen molar-refractivity contribution in [3.63, 3.8) is 0 Å². The Balaban J connectivity index is 1.71. The smallest absolute Gasteiger partial charge is 0.311 e. The summed E-state index contributed by atoms with van der Waals surface area (Å²) in [4.78, 5) is 23.6. The van der Waals surface area contributed by atoms with Crippen LogP contribution >= 0.6 is 11.3 Å². The predicted molar refractivity (Wildman–Crippen MR) is 64.1 cm³/mol. The Morgan fingerprint density at radius 1 is 1.44 bits per heavy atom. The highest BCUT2D eigenvalue weighted by Gasteiger charge is 2.10. The van der Waals surface area contributed by atoms with Crippen LogP contribution in [-0.2, 0) is 20.7 Å². The Labute approximate surface area is 107 Å². The van der Waals surface area contributed by atoms with E-state index in [0.717, 1.165) is 4.88 Å². The first-order valence-corrected chi connectivity index (χ1v) is 6.00. The van der Waals surface area contributed by atoms with Crippen LogP contribution in [0.25, 0.3) is 0 Å². The lowest BCUT2D eigenvalue weighted by Crippen LogP contribution is -2.21. The van der Waals surface area contributed by atoms with Crippen molar-refractivity contribution in [2.45, 2.75) is 6.42 Å². The number of esters is 1. The summed E-state index contributed by atoms with van der Waals surface area (Å²) in [5.41, 5.74) is 0. The molecule has 0 fully saturated rings. The summed E-state index contributed by atoms with van der Waals surface area (Å²) in [6.07, 6.45) is 1.51. The first-order chi connectivity index (χ1) is 8.74. The van der Waals surface area contributed by atoms with Crippen molar-refractivity contribution in [2.75, 3.05) is 11.9 Å². The summed E-state index contributed by atoms with van der Waals surface area (Å²) in [5.74, 6) is -0.606. The van der Waals surface area contributed by atoms with Gasteiger partial charge in [0.2, 0.25) is 0 Å². The van der Waals surface area contributed by atoms with Gasteiger partial charge in [0.05, 0.1) is 6.42 Å². The Bertz CT molecular complexity index is 459. The molecule has 0 aliphatic heterocycles. The maximum Gasteiger partial charge on any atom is 0.311 e. The Hall–Kier alpha value is -2.15. The minimum atomic E-state index is -0.455. The van der Waals surface area contributed by atoms with Gasteiger partial charge in [-0.1, -0.05) is 11.2 Å². The van der Waals surface area contributed by atoms with E-state index in [1.54, 1.807) is 0 Å². The van der Waals surface area contributed by atoms with E-state index in [4.69, 9.17) is 4.74 Å². The SMILES string of the molecule is O=C(COC(=O)Cc1cccs1)Nc1ccon1. The topological polar surface area (TPSA) is 81.4 Å². The third-order valence-electron chi connectivity index (χ3n) is 1.97. The first kappa shape index (κ1) is 12.3. The van der Waals surface area contributed by atoms with E-state index in [1.165, 1.54) is 23.7 Å². The van der Waals surface area contributed by atoms with Crippen LogP contribution in [0.15, 0.2) is 34.4 Å². The molecule has 1 N–H and O–H groups in total. The molecule has 6 nitrogen and oxygen atoms in total. The molecule has 0 aliphatic carbocycles. The van der Waals surface area contributed by atoms with Gasteiger partial charge in [0.1, 0.15) is 6.26 Å². The summed E-state index contributed by atoms with van der Waals surface area (Å²) in [6.45, 7) is -0.336. The Morgan fingerprint density at radius 2 is 2.33 bits per heavy atom. The molecule has 7 heteroatoms. The Morgan fingerprint density at radius 3 is 3.00 bits per heavy atom. The molecule has 0 unspecified atom stereocenters. The molecule has 94 valence electrons. The third-order valence-corrected chi connectivity index (χ3v) is 2.84. The second-order valence-corrected chi connectivity index (χ2v) is 4.38. The fourth-order valence-corrected chi connectivity index (χ4v) is 1.90. The summed E-state index contributed by atoms with van der Waals surface area (Å²) in [5, 5.41) is 7.79. The van der Waals surface area contributed by atoms with Gasteiger partial charge in [0.25, 0.3) is 5.91 Å². The van der Waals surface area contributed by atoms with Gasteiger partial charge in [0, 0.05) is 10.9 Å². The van der Waals surface area contributed by atoms with Crippen LogP contribution in [0, 0.1) is 0 Å². The molecule has 2 rings (SSSR count). The molecule has 2 heterocycles. The molecule has 0 saturated carbocycles. The van der Waals surface area contributed by atoms with E-state index in [1.807, 2.05) is 17.5 Å². The van der Waals surface area contributed by atoms with Crippen LogP contribution < -0.4 is 5.32 Å². The second-order valence-electron chi connectivity index (χ2n) is 3.35. The quantitative estimate of drug-likeness (QED) is 0.828. The van der Waals surface area contributed by atoms with Crippen molar-refractivity contribution in [3.05, 3.63) is 34.7 Å². The zero-order valence-electron chi connectivity index (χ0n) is 9.29. The number of thiophene rings is 1. The molecule has 0 saturated heterocycles. The third kappa shape index (κ3) is 3.70. The van der Waals surface area contributed by atoms with E-state index in [2.05, 4.69) is 15.0 Å². The fourth-order valence-electron chi connectivity index (χ4n) is 1.21. The van der Waals surface area contributed by atoms with Crippen molar-refractivity contribution >= 4 is 29.0 Å². The molecule has 0 bridgehead atoms. The van der Waals surface area contributed by atoms with E-state index in [9.17, 15) is 9.59 Å². The lowest BCUT2D eigenvalue weighted by atomic mass is 10.3. The maximum absolute atomic E-state index is 11.4. The molecular formula is C11H10N2O4S. The lowest BCUT2D eigenvalue weighted by Gasteiger charge is -2.03. The molecule has 0 spiro atoms. The van der Waals surface area contributed by atoms with Crippen LogP contribution in [0.3, 0.4) is 0 Å². The van der Waals surface area contributed by atoms with Crippen LogP contribution in [0.1, 0.15) is 4.88 Å². The van der Waals surface area contributed by atoms with Crippen LogP contribution in [0.2, 0.25) is 0 Å². The number of rotatable bonds is 5. The highest BCUT2D eigenvalue weighted by molar-refractivity contribution is 7.10. The number of nitrogens with zero attached hydrogens (tertiary/aromatic N) is 1. The summed E-state index contributed by atoms with van der Waals surface area (Å²) in [7, 11) is 0. The zero-order valence-corrected chi connectivity index (χ0v) is 10.1. The molecule has 2 aromatic heterocycles. The largest absolute Gasteiger partial charge is 0.455 e. The number of ether oxygens (including phenoxy) is 1. The fraction of sp³-hybridized carbons (Fsp3) is 0.182. The highest BCUT2D eigenvalue weighted by atomic mass is 32.1. The molecule has 0 radical (unpaired) electrons. The van der Waals surface area contributed by atoms with Crippen LogP contribution in [0.4, 0.5) is 5.82 Å². The normalized spacial score (nSPS) is 10.0. The summed E-state index contributed by atoms with van der Waals surface area (Å²) < 4.78 is 9.36. The second kappa shape index (κ2) is 5.97. The van der Waals surface area contributed by atoms with Crippen molar-refractivity contribution in [2.24, 2.45) is 0 Å². The maximum atomic E-state index is 11.4.